The lowest BCUT2D eigenvalue weighted by molar-refractivity contribution is -0.384. The van der Waals surface area contributed by atoms with Gasteiger partial charge in [0, 0.05) is 49.9 Å². The van der Waals surface area contributed by atoms with Crippen LogP contribution in [0, 0.1) is 16.0 Å². The first-order valence-corrected chi connectivity index (χ1v) is 10.6. The van der Waals surface area contributed by atoms with E-state index in [0.29, 0.717) is 17.2 Å². The molecule has 152 valence electrons. The van der Waals surface area contributed by atoms with E-state index in [1.165, 1.54) is 18.9 Å². The first kappa shape index (κ1) is 19.2. The van der Waals surface area contributed by atoms with Crippen molar-refractivity contribution in [1.82, 2.24) is 10.2 Å². The molecule has 2 saturated heterocycles. The molecule has 0 radical (unpaired) electrons. The van der Waals surface area contributed by atoms with Crippen LogP contribution in [-0.2, 0) is 0 Å². The number of nitro benzene ring substituents is 1. The van der Waals surface area contributed by atoms with Crippen molar-refractivity contribution in [3.63, 3.8) is 0 Å². The summed E-state index contributed by atoms with van der Waals surface area (Å²) in [5.74, 6) is 0.323. The summed E-state index contributed by atoms with van der Waals surface area (Å²) in [5.41, 5.74) is 1.04. The van der Waals surface area contributed by atoms with E-state index >= 15 is 0 Å². The van der Waals surface area contributed by atoms with Gasteiger partial charge in [-0.25, -0.2) is 0 Å². The number of nitrogens with zero attached hydrogens (tertiary/aromatic N) is 3. The molecule has 7 nitrogen and oxygen atoms in total. The van der Waals surface area contributed by atoms with Crippen LogP contribution in [0.5, 0.6) is 0 Å². The minimum atomic E-state index is -0.362. The average Bonchev–Trinajstić information content (AvgIpc) is 3.53. The molecule has 3 fully saturated rings. The Morgan fingerprint density at radius 2 is 1.89 bits per heavy atom. The van der Waals surface area contributed by atoms with Crippen LogP contribution in [0.2, 0.25) is 0 Å². The molecule has 1 aromatic rings. The van der Waals surface area contributed by atoms with Crippen LogP contribution in [-0.4, -0.2) is 54.0 Å². The van der Waals surface area contributed by atoms with E-state index in [1.54, 1.807) is 12.1 Å². The number of nitrogens with one attached hydrogen (secondary N) is 1. The highest BCUT2D eigenvalue weighted by Gasteiger charge is 2.32. The van der Waals surface area contributed by atoms with Crippen LogP contribution in [0.15, 0.2) is 18.2 Å². The number of carbonyl (C=O) groups is 1. The van der Waals surface area contributed by atoms with Gasteiger partial charge in [0.2, 0.25) is 0 Å². The maximum atomic E-state index is 12.7. The van der Waals surface area contributed by atoms with E-state index in [1.807, 2.05) is 0 Å². The molecule has 0 aromatic heterocycles. The molecule has 1 amide bonds. The predicted octanol–water partition coefficient (Wildman–Crippen LogP) is 3.19. The number of benzene rings is 1. The molecular formula is C21H30N4O3. The highest BCUT2D eigenvalue weighted by Crippen LogP contribution is 2.33. The average molecular weight is 386 g/mol. The molecule has 4 rings (SSSR count). The van der Waals surface area contributed by atoms with Crippen molar-refractivity contribution in [2.24, 2.45) is 5.92 Å². The number of rotatable bonds is 5. The molecule has 7 heteroatoms. The van der Waals surface area contributed by atoms with E-state index in [9.17, 15) is 14.9 Å². The smallest absolute Gasteiger partial charge is 0.293 e. The van der Waals surface area contributed by atoms with Crippen molar-refractivity contribution in [3.05, 3.63) is 33.9 Å². The number of hydrogen-bond donors (Lipinski definition) is 1. The summed E-state index contributed by atoms with van der Waals surface area (Å²) >= 11 is 0. The largest absolute Gasteiger partial charge is 0.366 e. The quantitative estimate of drug-likeness (QED) is 0.621. The third kappa shape index (κ3) is 4.29. The highest BCUT2D eigenvalue weighted by molar-refractivity contribution is 5.96. The Hall–Kier alpha value is -2.15. The Morgan fingerprint density at radius 1 is 1.14 bits per heavy atom. The molecule has 1 aliphatic carbocycles. The Balaban J connectivity index is 1.43. The third-order valence-electron chi connectivity index (χ3n) is 6.36. The van der Waals surface area contributed by atoms with Crippen LogP contribution in [0.3, 0.4) is 0 Å². The third-order valence-corrected chi connectivity index (χ3v) is 6.36. The monoisotopic (exact) mass is 386 g/mol. The Morgan fingerprint density at radius 3 is 2.54 bits per heavy atom. The number of piperidine rings is 2. The van der Waals surface area contributed by atoms with Gasteiger partial charge in [0.15, 0.2) is 0 Å². The fraction of sp³-hybridized carbons (Fsp3) is 0.667. The fourth-order valence-corrected chi connectivity index (χ4v) is 4.60. The second-order valence-corrected chi connectivity index (χ2v) is 8.67. The summed E-state index contributed by atoms with van der Waals surface area (Å²) in [6.45, 7) is 5.89. The second-order valence-electron chi connectivity index (χ2n) is 8.67. The molecule has 1 atom stereocenters. The minimum absolute atomic E-state index is 0.0327. The van der Waals surface area contributed by atoms with Crippen molar-refractivity contribution in [1.29, 1.82) is 0 Å². The first-order chi connectivity index (χ1) is 13.5. The second kappa shape index (κ2) is 8.07. The summed E-state index contributed by atoms with van der Waals surface area (Å²) < 4.78 is 0. The minimum Gasteiger partial charge on any atom is -0.366 e. The molecule has 0 bridgehead atoms. The Labute approximate surface area is 166 Å². The lowest BCUT2D eigenvalue weighted by Crippen LogP contribution is -2.45. The SMILES string of the molecule is C[C@H]1CCCN(c2ccc(C(=O)NC3CCN(C4CC4)CC3)cc2[N+](=O)[O-])C1. The first-order valence-electron chi connectivity index (χ1n) is 10.6. The van der Waals surface area contributed by atoms with E-state index < -0.39 is 0 Å². The van der Waals surface area contributed by atoms with Crippen molar-refractivity contribution < 1.29 is 9.72 Å². The van der Waals surface area contributed by atoms with Crippen molar-refractivity contribution in [3.8, 4) is 0 Å². The predicted molar refractivity (Wildman–Crippen MR) is 109 cm³/mol. The number of nitro groups is 1. The van der Waals surface area contributed by atoms with Crippen LogP contribution < -0.4 is 10.2 Å². The maximum Gasteiger partial charge on any atom is 0.293 e. The lowest BCUT2D eigenvalue weighted by Gasteiger charge is -2.33. The summed E-state index contributed by atoms with van der Waals surface area (Å²) in [7, 11) is 0. The zero-order valence-corrected chi connectivity index (χ0v) is 16.6. The van der Waals surface area contributed by atoms with E-state index in [0.717, 1.165) is 57.9 Å². The Bertz CT molecular complexity index is 741. The summed E-state index contributed by atoms with van der Waals surface area (Å²) in [6, 6.07) is 5.86. The normalized spacial score (nSPS) is 24.2. The van der Waals surface area contributed by atoms with Crippen LogP contribution in [0.25, 0.3) is 0 Å². The standard InChI is InChI=1S/C21H30N4O3/c1-15-3-2-10-24(14-15)19-7-4-16(13-20(19)25(27)28)21(26)22-17-8-11-23(12-9-17)18-5-6-18/h4,7,13,15,17-18H,2-3,5-6,8-12,14H2,1H3,(H,22,26)/t15-/m0/s1. The summed E-state index contributed by atoms with van der Waals surface area (Å²) in [6.07, 6.45) is 6.72. The molecule has 3 aliphatic rings. The van der Waals surface area contributed by atoms with Gasteiger partial charge in [-0.2, -0.15) is 0 Å². The number of likely N-dealkylation sites (tertiary alicyclic amines) is 1. The van der Waals surface area contributed by atoms with Gasteiger partial charge in [-0.1, -0.05) is 6.92 Å². The van der Waals surface area contributed by atoms with Crippen molar-refractivity contribution in [2.45, 2.75) is 57.5 Å². The van der Waals surface area contributed by atoms with Gasteiger partial charge < -0.3 is 15.1 Å². The van der Waals surface area contributed by atoms with Gasteiger partial charge >= 0.3 is 0 Å². The molecule has 0 spiro atoms. The van der Waals surface area contributed by atoms with E-state index in [2.05, 4.69) is 22.0 Å². The molecule has 2 heterocycles. The zero-order valence-electron chi connectivity index (χ0n) is 16.6. The van der Waals surface area contributed by atoms with Gasteiger partial charge in [-0.05, 0) is 56.6 Å². The zero-order chi connectivity index (χ0) is 19.7. The topological polar surface area (TPSA) is 78.7 Å². The van der Waals surface area contributed by atoms with Crippen LogP contribution in [0.4, 0.5) is 11.4 Å². The van der Waals surface area contributed by atoms with E-state index in [4.69, 9.17) is 0 Å². The van der Waals surface area contributed by atoms with Gasteiger partial charge in [-0.15, -0.1) is 0 Å². The summed E-state index contributed by atoms with van der Waals surface area (Å²) in [5, 5.41) is 14.7. The number of hydrogen-bond acceptors (Lipinski definition) is 5. The molecular weight excluding hydrogens is 356 g/mol. The molecule has 1 N–H and O–H groups in total. The van der Waals surface area contributed by atoms with Crippen molar-refractivity contribution >= 4 is 17.3 Å². The number of carbonyl (C=O) groups excluding carboxylic acids is 1. The molecule has 28 heavy (non-hydrogen) atoms. The maximum absolute atomic E-state index is 12.7. The van der Waals surface area contributed by atoms with Gasteiger partial charge in [0.25, 0.3) is 11.6 Å². The number of amides is 1. The lowest BCUT2D eigenvalue weighted by atomic mass is 9.99. The molecule has 1 saturated carbocycles. The van der Waals surface area contributed by atoms with Crippen LogP contribution in [0.1, 0.15) is 55.8 Å². The summed E-state index contributed by atoms with van der Waals surface area (Å²) in [4.78, 5) is 28.6. The van der Waals surface area contributed by atoms with Crippen LogP contribution >= 0.6 is 0 Å². The number of anilines is 1. The molecule has 1 aromatic carbocycles. The van der Waals surface area contributed by atoms with Crippen molar-refractivity contribution in [2.75, 3.05) is 31.1 Å². The van der Waals surface area contributed by atoms with Gasteiger partial charge in [-0.3, -0.25) is 14.9 Å². The van der Waals surface area contributed by atoms with Gasteiger partial charge in [0.1, 0.15) is 5.69 Å². The molecule has 0 unspecified atom stereocenters. The highest BCUT2D eigenvalue weighted by atomic mass is 16.6. The van der Waals surface area contributed by atoms with E-state index in [-0.39, 0.29) is 22.6 Å². The van der Waals surface area contributed by atoms with Gasteiger partial charge in [0.05, 0.1) is 4.92 Å². The Kier molecular flexibility index (Phi) is 5.53. The molecule has 2 aliphatic heterocycles. The fourth-order valence-electron chi connectivity index (χ4n) is 4.60.